The molecule has 0 amide bonds. The second-order valence-electron chi connectivity index (χ2n) is 12.1. The normalized spacial score (nSPS) is 14.2. The molecule has 6 aromatic carbocycles. The van der Waals surface area contributed by atoms with Crippen molar-refractivity contribution in [1.29, 1.82) is 0 Å². The number of fused-ring (bicyclic) bond motifs is 7. The van der Waals surface area contributed by atoms with E-state index in [0.717, 1.165) is 38.1 Å². The van der Waals surface area contributed by atoms with E-state index in [0.29, 0.717) is 10.8 Å². The monoisotopic (exact) mass is 755 g/mol. The Morgan fingerprint density at radius 3 is 1.09 bits per heavy atom. The highest BCUT2D eigenvalue weighted by molar-refractivity contribution is 8.05. The Bertz CT molecular complexity index is 2680. The van der Waals surface area contributed by atoms with Crippen molar-refractivity contribution in [3.05, 3.63) is 137 Å². The quantitative estimate of drug-likeness (QED) is 0.131. The molecule has 1 aliphatic rings. The van der Waals surface area contributed by atoms with Gasteiger partial charge in [0, 0.05) is 46.5 Å². The van der Waals surface area contributed by atoms with Crippen LogP contribution >= 0.6 is 0 Å². The van der Waals surface area contributed by atoms with Crippen molar-refractivity contribution >= 4 is 64.3 Å². The lowest BCUT2D eigenvalue weighted by atomic mass is 9.87. The van der Waals surface area contributed by atoms with E-state index >= 15 is 0 Å². The minimum atomic E-state index is -5.21. The molecule has 0 atom stereocenters. The Morgan fingerprint density at radius 1 is 0.491 bits per heavy atom. The van der Waals surface area contributed by atoms with Gasteiger partial charge in [0.2, 0.25) is 0 Å². The van der Waals surface area contributed by atoms with Gasteiger partial charge in [-0.1, -0.05) is 48.5 Å². The molecule has 19 heteroatoms. The van der Waals surface area contributed by atoms with Crippen LogP contribution in [0.4, 0.5) is 22.7 Å². The van der Waals surface area contributed by atoms with Gasteiger partial charge < -0.3 is 0 Å². The molecule has 7 rings (SSSR count). The molecule has 0 aromatic heterocycles. The Hall–Kier alpha value is -6.70. The number of nitrogens with one attached hydrogen (secondary N) is 1. The van der Waals surface area contributed by atoms with E-state index < -0.39 is 72.3 Å². The number of benzene rings is 6. The Balaban J connectivity index is 1.76. The van der Waals surface area contributed by atoms with Gasteiger partial charge in [-0.05, 0) is 58.7 Å². The van der Waals surface area contributed by atoms with Crippen molar-refractivity contribution in [3.8, 4) is 33.4 Å². The first-order valence-corrected chi connectivity index (χ1v) is 18.2. The lowest BCUT2D eigenvalue weighted by Gasteiger charge is -2.20. The Kier molecular flexibility index (Phi) is 7.82. The molecule has 1 N–H and O–H groups in total. The summed E-state index contributed by atoms with van der Waals surface area (Å²) in [5.74, 6) is 0. The smallest absolute Gasteiger partial charge is 0.258 e. The molecule has 0 fully saturated rings. The SMILES string of the molecule is Cc1c([N+](=O)[O-])cc(-c2cc3ccccc3c3c2S(=O)(=O)NS(=O)(=O)c2c(-c4cc([N+](=O)[O-])c(C)c([N+](=O)[O-])c4)cc4ccccc4c2-3)cc1[N+](=O)[O-]. The van der Waals surface area contributed by atoms with Crippen LogP contribution in [0.3, 0.4) is 0 Å². The maximum atomic E-state index is 14.5. The highest BCUT2D eigenvalue weighted by Crippen LogP contribution is 2.52. The van der Waals surface area contributed by atoms with Crippen LogP contribution in [0.15, 0.2) is 94.7 Å². The van der Waals surface area contributed by atoms with Crippen molar-refractivity contribution < 1.29 is 36.5 Å². The number of hydrogen-bond donors (Lipinski definition) is 1. The van der Waals surface area contributed by atoms with E-state index in [-0.39, 0.29) is 55.3 Å². The summed E-state index contributed by atoms with van der Waals surface area (Å²) in [4.78, 5) is 43.5. The van der Waals surface area contributed by atoms with E-state index in [2.05, 4.69) is 0 Å². The van der Waals surface area contributed by atoms with E-state index in [1.165, 1.54) is 24.3 Å². The van der Waals surface area contributed by atoms with Gasteiger partial charge in [0.05, 0.1) is 29.5 Å². The minimum Gasteiger partial charge on any atom is -0.258 e. The summed E-state index contributed by atoms with van der Waals surface area (Å²) in [7, 11) is -10.4. The first kappa shape index (κ1) is 34.7. The molecule has 6 aromatic rings. The summed E-state index contributed by atoms with van der Waals surface area (Å²) in [5, 5.41) is 49.3. The predicted octanol–water partition coefficient (Wildman–Crippen LogP) is 7.22. The molecule has 0 saturated heterocycles. The average Bonchev–Trinajstić information content (AvgIpc) is 3.16. The summed E-state index contributed by atoms with van der Waals surface area (Å²) < 4.78 is 59.7. The fourth-order valence-corrected chi connectivity index (χ4v) is 10.5. The van der Waals surface area contributed by atoms with Gasteiger partial charge in [0.25, 0.3) is 42.8 Å². The van der Waals surface area contributed by atoms with Crippen molar-refractivity contribution in [2.75, 3.05) is 0 Å². The number of rotatable bonds is 6. The standard InChI is InChI=1S/C34H21N5O12S2/c1-17-27(36(40)41)13-21(14-28(17)37(42)43)25-11-19-7-3-5-9-23(19)31-32-24-10-6-4-8-20(24)12-26(34(32)53(50,51)35-52(48,49)33(25)31)22-15-29(38(44)45)18(2)30(16-22)39(46)47/h3-16,35H,1-2H3. The van der Waals surface area contributed by atoms with Crippen LogP contribution in [0.1, 0.15) is 11.1 Å². The van der Waals surface area contributed by atoms with Crippen LogP contribution in [0, 0.1) is 54.3 Å². The van der Waals surface area contributed by atoms with E-state index in [9.17, 15) is 57.3 Å². The lowest BCUT2D eigenvalue weighted by molar-refractivity contribution is -0.395. The summed E-state index contributed by atoms with van der Waals surface area (Å²) >= 11 is 0. The maximum Gasteiger partial charge on any atom is 0.279 e. The largest absolute Gasteiger partial charge is 0.279 e. The fraction of sp³-hybridized carbons (Fsp3) is 0.0588. The molecule has 1 heterocycles. The summed E-state index contributed by atoms with van der Waals surface area (Å²) in [6.45, 7) is 2.32. The second-order valence-corrected chi connectivity index (χ2v) is 15.6. The molecule has 0 bridgehead atoms. The third-order valence-corrected chi connectivity index (χ3v) is 12.8. The van der Waals surface area contributed by atoms with Crippen LogP contribution in [-0.2, 0) is 20.0 Å². The third-order valence-electron chi connectivity index (χ3n) is 9.12. The average molecular weight is 756 g/mol. The molecule has 0 aliphatic carbocycles. The molecule has 0 spiro atoms. The van der Waals surface area contributed by atoms with Crippen LogP contribution in [0.25, 0.3) is 54.9 Å². The van der Waals surface area contributed by atoms with Crippen molar-refractivity contribution in [1.82, 2.24) is 4.13 Å². The first-order chi connectivity index (χ1) is 24.9. The van der Waals surface area contributed by atoms with Crippen molar-refractivity contribution in [2.45, 2.75) is 23.6 Å². The Morgan fingerprint density at radius 2 is 0.792 bits per heavy atom. The van der Waals surface area contributed by atoms with E-state index in [1.807, 2.05) is 0 Å². The van der Waals surface area contributed by atoms with Crippen LogP contribution in [-0.4, -0.2) is 36.5 Å². The Labute approximate surface area is 297 Å². The van der Waals surface area contributed by atoms with Gasteiger partial charge in [0.15, 0.2) is 0 Å². The van der Waals surface area contributed by atoms with Gasteiger partial charge in [-0.2, -0.15) is 0 Å². The second kappa shape index (κ2) is 11.9. The summed E-state index contributed by atoms with van der Waals surface area (Å²) in [5.41, 5.74) is -4.99. The minimum absolute atomic E-state index is 0.189. The van der Waals surface area contributed by atoms with Gasteiger partial charge in [-0.3, -0.25) is 40.5 Å². The highest BCUT2D eigenvalue weighted by Gasteiger charge is 2.41. The summed E-state index contributed by atoms with van der Waals surface area (Å²) in [6, 6.07) is 18.9. The van der Waals surface area contributed by atoms with Gasteiger partial charge in [0.1, 0.15) is 11.1 Å². The number of nitro groups is 4. The van der Waals surface area contributed by atoms with Crippen molar-refractivity contribution in [3.63, 3.8) is 0 Å². The number of nitro benzene ring substituents is 4. The van der Waals surface area contributed by atoms with Crippen molar-refractivity contribution in [2.24, 2.45) is 0 Å². The zero-order valence-corrected chi connectivity index (χ0v) is 28.7. The fourth-order valence-electron chi connectivity index (χ4n) is 6.81. The number of nitrogens with zero attached hydrogens (tertiary/aromatic N) is 4. The highest BCUT2D eigenvalue weighted by atomic mass is 32.3. The van der Waals surface area contributed by atoms with Crippen LogP contribution < -0.4 is 4.13 Å². The zero-order chi connectivity index (χ0) is 38.3. The van der Waals surface area contributed by atoms with E-state index in [1.54, 1.807) is 40.5 Å². The molecule has 17 nitrogen and oxygen atoms in total. The lowest BCUT2D eigenvalue weighted by Crippen LogP contribution is -2.30. The van der Waals surface area contributed by atoms with Crippen LogP contribution in [0.5, 0.6) is 0 Å². The molecule has 0 radical (unpaired) electrons. The molecule has 1 aliphatic heterocycles. The molecule has 0 saturated carbocycles. The van der Waals surface area contributed by atoms with Crippen LogP contribution in [0.2, 0.25) is 0 Å². The van der Waals surface area contributed by atoms with E-state index in [4.69, 9.17) is 0 Å². The number of sulfonamides is 2. The predicted molar refractivity (Wildman–Crippen MR) is 191 cm³/mol. The third kappa shape index (κ3) is 5.41. The molecule has 266 valence electrons. The van der Waals surface area contributed by atoms with Gasteiger partial charge in [-0.25, -0.2) is 16.8 Å². The first-order valence-electron chi connectivity index (χ1n) is 15.2. The molecule has 0 unspecified atom stereocenters. The topological polar surface area (TPSA) is 253 Å². The zero-order valence-electron chi connectivity index (χ0n) is 27.1. The maximum absolute atomic E-state index is 14.5. The molecular formula is C34H21N5O12S2. The van der Waals surface area contributed by atoms with Gasteiger partial charge >= 0.3 is 0 Å². The summed E-state index contributed by atoms with van der Waals surface area (Å²) in [6.07, 6.45) is 0. The number of hydrogen-bond acceptors (Lipinski definition) is 12. The molecular weight excluding hydrogens is 735 g/mol. The van der Waals surface area contributed by atoms with Gasteiger partial charge in [-0.15, -0.1) is 4.13 Å². The molecule has 53 heavy (non-hydrogen) atoms.